The summed E-state index contributed by atoms with van der Waals surface area (Å²) in [6, 6.07) is 21.3. The molecule has 0 aliphatic carbocycles. The van der Waals surface area contributed by atoms with Gasteiger partial charge in [0.2, 0.25) is 0 Å². The smallest absolute Gasteiger partial charge is 0.168 e. The van der Waals surface area contributed by atoms with Crippen molar-refractivity contribution >= 4 is 5.65 Å². The second-order valence-electron chi connectivity index (χ2n) is 7.83. The van der Waals surface area contributed by atoms with Crippen LogP contribution in [0.2, 0.25) is 0 Å². The molecule has 0 aliphatic rings. The molecule has 0 saturated heterocycles. The molecule has 4 rings (SSSR count). The molecule has 2 aromatic carbocycles. The molecule has 30 heavy (non-hydrogen) atoms. The Kier molecular flexibility index (Phi) is 6.10. The molecule has 154 valence electrons. The van der Waals surface area contributed by atoms with Crippen LogP contribution in [0.15, 0.2) is 67.0 Å². The Morgan fingerprint density at radius 2 is 1.80 bits per heavy atom. The van der Waals surface area contributed by atoms with Gasteiger partial charge in [0, 0.05) is 17.8 Å². The summed E-state index contributed by atoms with van der Waals surface area (Å²) < 4.78 is 7.60. The van der Waals surface area contributed by atoms with Gasteiger partial charge in [0.15, 0.2) is 5.65 Å². The summed E-state index contributed by atoms with van der Waals surface area (Å²) in [6.45, 7) is 1.03. The van der Waals surface area contributed by atoms with Crippen LogP contribution in [0.25, 0.3) is 16.8 Å². The number of hydrogen-bond donors (Lipinski definition) is 0. The van der Waals surface area contributed by atoms with E-state index in [2.05, 4.69) is 82.1 Å². The first-order chi connectivity index (χ1) is 14.7. The molecule has 5 nitrogen and oxygen atoms in total. The number of likely N-dealkylation sites (N-methyl/N-ethyl adjacent to an activating group) is 1. The Balaban J connectivity index is 1.61. The SMILES string of the molecule is COc1ccccc1CCc1ccc(-c2cccc(CCN(C)C)c2)c2nncn12. The molecule has 0 radical (unpaired) electrons. The molecule has 0 saturated carbocycles. The summed E-state index contributed by atoms with van der Waals surface area (Å²) >= 11 is 0. The van der Waals surface area contributed by atoms with Gasteiger partial charge in [0.1, 0.15) is 12.1 Å². The van der Waals surface area contributed by atoms with Gasteiger partial charge in [-0.3, -0.25) is 4.40 Å². The minimum Gasteiger partial charge on any atom is -0.496 e. The van der Waals surface area contributed by atoms with Crippen LogP contribution < -0.4 is 4.74 Å². The minimum atomic E-state index is 0.887. The molecule has 0 N–H and O–H groups in total. The van der Waals surface area contributed by atoms with Gasteiger partial charge in [-0.2, -0.15) is 0 Å². The van der Waals surface area contributed by atoms with Gasteiger partial charge in [-0.15, -0.1) is 10.2 Å². The van der Waals surface area contributed by atoms with Crippen molar-refractivity contribution in [2.45, 2.75) is 19.3 Å². The molecule has 0 aliphatic heterocycles. The number of rotatable bonds is 8. The summed E-state index contributed by atoms with van der Waals surface area (Å²) in [5.41, 5.74) is 6.92. The third-order valence-corrected chi connectivity index (χ3v) is 5.47. The summed E-state index contributed by atoms with van der Waals surface area (Å²) in [4.78, 5) is 2.21. The minimum absolute atomic E-state index is 0.887. The standard InChI is InChI=1S/C25H28N4O/c1-28(2)16-15-19-7-6-9-21(17-19)23-14-13-22(29-18-26-27-25(23)29)12-11-20-8-4-5-10-24(20)30-3/h4-10,13-14,17-18H,11-12,15-16H2,1-3H3. The van der Waals surface area contributed by atoms with Crippen LogP contribution in [-0.4, -0.2) is 47.2 Å². The second-order valence-corrected chi connectivity index (χ2v) is 7.83. The molecule has 0 atom stereocenters. The molecule has 0 bridgehead atoms. The number of pyridine rings is 1. The monoisotopic (exact) mass is 400 g/mol. The highest BCUT2D eigenvalue weighted by molar-refractivity contribution is 5.77. The van der Waals surface area contributed by atoms with Crippen LogP contribution >= 0.6 is 0 Å². The number of aryl methyl sites for hydroxylation is 2. The lowest BCUT2D eigenvalue weighted by Crippen LogP contribution is -2.15. The zero-order valence-corrected chi connectivity index (χ0v) is 17.9. The first kappa shape index (κ1) is 20.1. The van der Waals surface area contributed by atoms with E-state index >= 15 is 0 Å². The van der Waals surface area contributed by atoms with E-state index in [4.69, 9.17) is 4.74 Å². The first-order valence-electron chi connectivity index (χ1n) is 10.3. The zero-order chi connectivity index (χ0) is 20.9. The highest BCUT2D eigenvalue weighted by Gasteiger charge is 2.11. The van der Waals surface area contributed by atoms with E-state index in [-0.39, 0.29) is 0 Å². The maximum absolute atomic E-state index is 5.49. The van der Waals surface area contributed by atoms with Crippen molar-refractivity contribution in [1.29, 1.82) is 0 Å². The number of ether oxygens (including phenoxy) is 1. The fourth-order valence-corrected chi connectivity index (χ4v) is 3.81. The molecule has 0 fully saturated rings. The fraction of sp³-hybridized carbons (Fsp3) is 0.280. The van der Waals surface area contributed by atoms with Crippen LogP contribution in [0.5, 0.6) is 5.75 Å². The third-order valence-electron chi connectivity index (χ3n) is 5.47. The van der Waals surface area contributed by atoms with E-state index in [9.17, 15) is 0 Å². The highest BCUT2D eigenvalue weighted by atomic mass is 16.5. The van der Waals surface area contributed by atoms with E-state index in [0.29, 0.717) is 0 Å². The van der Waals surface area contributed by atoms with Gasteiger partial charge in [0.05, 0.1) is 7.11 Å². The average molecular weight is 401 g/mol. The lowest BCUT2D eigenvalue weighted by molar-refractivity contribution is 0.409. The molecule has 2 heterocycles. The number of para-hydroxylation sites is 1. The number of nitrogens with zero attached hydrogens (tertiary/aromatic N) is 4. The average Bonchev–Trinajstić information content (AvgIpc) is 3.26. The molecule has 0 spiro atoms. The van der Waals surface area contributed by atoms with E-state index in [0.717, 1.165) is 42.8 Å². The van der Waals surface area contributed by atoms with Gasteiger partial charge in [-0.25, -0.2) is 0 Å². The van der Waals surface area contributed by atoms with Crippen LogP contribution in [-0.2, 0) is 19.3 Å². The van der Waals surface area contributed by atoms with E-state index < -0.39 is 0 Å². The normalized spacial score (nSPS) is 11.3. The maximum Gasteiger partial charge on any atom is 0.168 e. The Morgan fingerprint density at radius 1 is 0.933 bits per heavy atom. The maximum atomic E-state index is 5.49. The van der Waals surface area contributed by atoms with Crippen molar-refractivity contribution in [3.8, 4) is 16.9 Å². The quantitative estimate of drug-likeness (QED) is 0.442. The third kappa shape index (κ3) is 4.36. The lowest BCUT2D eigenvalue weighted by atomic mass is 10.0. The predicted molar refractivity (Wildman–Crippen MR) is 121 cm³/mol. The van der Waals surface area contributed by atoms with E-state index in [1.54, 1.807) is 7.11 Å². The first-order valence-corrected chi connectivity index (χ1v) is 10.3. The summed E-state index contributed by atoms with van der Waals surface area (Å²) in [5, 5.41) is 8.63. The highest BCUT2D eigenvalue weighted by Crippen LogP contribution is 2.26. The van der Waals surface area contributed by atoms with E-state index in [1.165, 1.54) is 22.4 Å². The summed E-state index contributed by atoms with van der Waals surface area (Å²) in [7, 11) is 5.93. The van der Waals surface area contributed by atoms with Crippen molar-refractivity contribution < 1.29 is 4.74 Å². The molecule has 2 aromatic heterocycles. The largest absolute Gasteiger partial charge is 0.496 e. The number of benzene rings is 2. The van der Waals surface area contributed by atoms with Crippen LogP contribution in [0.1, 0.15) is 16.8 Å². The van der Waals surface area contributed by atoms with Crippen molar-refractivity contribution in [3.05, 3.63) is 83.8 Å². The van der Waals surface area contributed by atoms with Gasteiger partial charge < -0.3 is 9.64 Å². The molecule has 0 unspecified atom stereocenters. The fourth-order valence-electron chi connectivity index (χ4n) is 3.81. The van der Waals surface area contributed by atoms with Gasteiger partial charge >= 0.3 is 0 Å². The van der Waals surface area contributed by atoms with Crippen molar-refractivity contribution in [1.82, 2.24) is 19.5 Å². The number of hydrogen-bond acceptors (Lipinski definition) is 4. The van der Waals surface area contributed by atoms with Crippen molar-refractivity contribution in [3.63, 3.8) is 0 Å². The molecule has 4 aromatic rings. The molecule has 0 amide bonds. The Morgan fingerprint density at radius 3 is 2.63 bits per heavy atom. The Labute approximate surface area is 177 Å². The molecular formula is C25H28N4O. The topological polar surface area (TPSA) is 42.7 Å². The Bertz CT molecular complexity index is 1130. The number of fused-ring (bicyclic) bond motifs is 1. The van der Waals surface area contributed by atoms with Crippen molar-refractivity contribution in [2.75, 3.05) is 27.7 Å². The number of aromatic nitrogens is 3. The lowest BCUT2D eigenvalue weighted by Gasteiger charge is -2.12. The Hall–Kier alpha value is -3.18. The molecular weight excluding hydrogens is 372 g/mol. The van der Waals surface area contributed by atoms with Gasteiger partial charge in [0.25, 0.3) is 0 Å². The predicted octanol–water partition coefficient (Wildman–Crippen LogP) is 4.29. The van der Waals surface area contributed by atoms with Crippen LogP contribution in [0.3, 0.4) is 0 Å². The molecule has 5 heteroatoms. The van der Waals surface area contributed by atoms with Crippen LogP contribution in [0, 0.1) is 0 Å². The van der Waals surface area contributed by atoms with Gasteiger partial charge in [-0.1, -0.05) is 42.5 Å². The van der Waals surface area contributed by atoms with Gasteiger partial charge in [-0.05, 0) is 68.2 Å². The summed E-state index contributed by atoms with van der Waals surface area (Å²) in [5.74, 6) is 0.934. The summed E-state index contributed by atoms with van der Waals surface area (Å²) in [6.07, 6.45) is 4.63. The second kappa shape index (κ2) is 9.09. The zero-order valence-electron chi connectivity index (χ0n) is 17.9. The van der Waals surface area contributed by atoms with Crippen LogP contribution in [0.4, 0.5) is 0 Å². The van der Waals surface area contributed by atoms with E-state index in [1.807, 2.05) is 18.5 Å². The van der Waals surface area contributed by atoms with Crippen molar-refractivity contribution in [2.24, 2.45) is 0 Å². The number of methoxy groups -OCH3 is 1.